The molecule has 0 aliphatic carbocycles. The number of nitrogens with one attached hydrogen (secondary N) is 1. The van der Waals surface area contributed by atoms with Gasteiger partial charge in [-0.15, -0.1) is 0 Å². The van der Waals surface area contributed by atoms with Gasteiger partial charge in [-0.05, 0) is 66.4 Å². The topological polar surface area (TPSA) is 30.5 Å². The number of aryl methyl sites for hydroxylation is 1. The first-order valence-electron chi connectivity index (χ1n) is 8.91. The number of hydrogen-bond acceptors (Lipinski definition) is 3. The smallest absolute Gasteiger partial charge is 0.161 e. The normalized spacial score (nSPS) is 10.5. The number of benzene rings is 3. The molecule has 0 fully saturated rings. The van der Waals surface area contributed by atoms with Crippen LogP contribution >= 0.6 is 15.9 Å². The van der Waals surface area contributed by atoms with E-state index in [9.17, 15) is 0 Å². The average Bonchev–Trinajstić information content (AvgIpc) is 2.69. The summed E-state index contributed by atoms with van der Waals surface area (Å²) in [5.41, 5.74) is 5.97. The second kappa shape index (κ2) is 8.96. The third-order valence-corrected chi connectivity index (χ3v) is 5.15. The van der Waals surface area contributed by atoms with Crippen LogP contribution in [0.25, 0.3) is 0 Å². The Morgan fingerprint density at radius 1 is 0.889 bits per heavy atom. The minimum absolute atomic E-state index is 0.504. The highest BCUT2D eigenvalue weighted by molar-refractivity contribution is 9.10. The fourth-order valence-electron chi connectivity index (χ4n) is 2.82. The van der Waals surface area contributed by atoms with Gasteiger partial charge in [-0.25, -0.2) is 0 Å². The molecule has 0 aliphatic rings. The summed E-state index contributed by atoms with van der Waals surface area (Å²) in [5.74, 6) is 1.49. The maximum Gasteiger partial charge on any atom is 0.161 e. The van der Waals surface area contributed by atoms with E-state index in [2.05, 4.69) is 59.4 Å². The molecule has 0 unspecified atom stereocenters. The van der Waals surface area contributed by atoms with E-state index in [4.69, 9.17) is 9.47 Å². The molecule has 0 saturated heterocycles. The molecular formula is C23H24BrNO2. The van der Waals surface area contributed by atoms with Crippen molar-refractivity contribution in [1.82, 2.24) is 0 Å². The molecule has 3 nitrogen and oxygen atoms in total. The largest absolute Gasteiger partial charge is 0.493 e. The maximum atomic E-state index is 5.95. The first kappa shape index (κ1) is 19.3. The average molecular weight is 426 g/mol. The maximum absolute atomic E-state index is 5.95. The van der Waals surface area contributed by atoms with Crippen molar-refractivity contribution >= 4 is 21.6 Å². The van der Waals surface area contributed by atoms with Gasteiger partial charge in [-0.2, -0.15) is 0 Å². The van der Waals surface area contributed by atoms with Gasteiger partial charge in [0.15, 0.2) is 11.5 Å². The van der Waals surface area contributed by atoms with Crippen LogP contribution in [-0.4, -0.2) is 7.11 Å². The van der Waals surface area contributed by atoms with E-state index in [1.165, 1.54) is 11.1 Å². The van der Waals surface area contributed by atoms with Gasteiger partial charge in [-0.1, -0.05) is 46.3 Å². The van der Waals surface area contributed by atoms with E-state index in [1.54, 1.807) is 7.11 Å². The van der Waals surface area contributed by atoms with E-state index in [0.29, 0.717) is 6.61 Å². The fraction of sp³-hybridized carbons (Fsp3) is 0.217. The van der Waals surface area contributed by atoms with Gasteiger partial charge in [0.2, 0.25) is 0 Å². The molecule has 0 amide bonds. The first-order chi connectivity index (χ1) is 13.1. The predicted octanol–water partition coefficient (Wildman–Crippen LogP) is 6.27. The van der Waals surface area contributed by atoms with Crippen molar-refractivity contribution in [1.29, 1.82) is 0 Å². The molecular weight excluding hydrogens is 402 g/mol. The highest BCUT2D eigenvalue weighted by Crippen LogP contribution is 2.29. The monoisotopic (exact) mass is 425 g/mol. The summed E-state index contributed by atoms with van der Waals surface area (Å²) in [7, 11) is 1.67. The van der Waals surface area contributed by atoms with Crippen molar-refractivity contribution in [3.8, 4) is 11.5 Å². The van der Waals surface area contributed by atoms with E-state index in [-0.39, 0.29) is 0 Å². The van der Waals surface area contributed by atoms with Crippen molar-refractivity contribution in [3.63, 3.8) is 0 Å². The third-order valence-electron chi connectivity index (χ3n) is 4.62. The van der Waals surface area contributed by atoms with E-state index >= 15 is 0 Å². The van der Waals surface area contributed by atoms with Crippen LogP contribution in [0.15, 0.2) is 65.1 Å². The van der Waals surface area contributed by atoms with Gasteiger partial charge in [0.05, 0.1) is 7.11 Å². The van der Waals surface area contributed by atoms with Crippen molar-refractivity contribution in [3.05, 3.63) is 87.4 Å². The minimum Gasteiger partial charge on any atom is -0.493 e. The molecule has 0 bridgehead atoms. The van der Waals surface area contributed by atoms with E-state index in [0.717, 1.165) is 39.3 Å². The summed E-state index contributed by atoms with van der Waals surface area (Å²) in [5, 5.41) is 3.50. The summed E-state index contributed by atoms with van der Waals surface area (Å²) >= 11 is 3.45. The van der Waals surface area contributed by atoms with Gasteiger partial charge in [0, 0.05) is 16.7 Å². The lowest BCUT2D eigenvalue weighted by atomic mass is 10.1. The number of halogens is 1. The molecule has 3 rings (SSSR count). The summed E-state index contributed by atoms with van der Waals surface area (Å²) in [6.45, 7) is 5.50. The van der Waals surface area contributed by atoms with Crippen LogP contribution in [0.1, 0.15) is 22.3 Å². The Kier molecular flexibility index (Phi) is 6.40. The molecule has 0 spiro atoms. The lowest BCUT2D eigenvalue weighted by Gasteiger charge is -2.14. The Labute approximate surface area is 169 Å². The molecule has 0 atom stereocenters. The van der Waals surface area contributed by atoms with Crippen molar-refractivity contribution in [2.75, 3.05) is 12.4 Å². The van der Waals surface area contributed by atoms with Crippen molar-refractivity contribution in [2.45, 2.75) is 27.0 Å². The summed E-state index contributed by atoms with van der Waals surface area (Å²) in [6.07, 6.45) is 0. The molecule has 3 aromatic rings. The Bertz CT molecular complexity index is 907. The number of methoxy groups -OCH3 is 1. The van der Waals surface area contributed by atoms with Gasteiger partial charge >= 0.3 is 0 Å². The Balaban J connectivity index is 1.66. The van der Waals surface area contributed by atoms with Crippen LogP contribution in [0, 0.1) is 13.8 Å². The summed E-state index contributed by atoms with van der Waals surface area (Å²) in [6, 6.07) is 20.5. The molecule has 3 aromatic carbocycles. The molecule has 140 valence electrons. The molecule has 4 heteroatoms. The van der Waals surface area contributed by atoms with Crippen LogP contribution in [0.3, 0.4) is 0 Å². The molecule has 0 heterocycles. The second-order valence-corrected chi connectivity index (χ2v) is 7.42. The molecule has 0 aliphatic heterocycles. The number of rotatable bonds is 7. The van der Waals surface area contributed by atoms with Gasteiger partial charge in [-0.3, -0.25) is 0 Å². The molecule has 0 saturated carbocycles. The highest BCUT2D eigenvalue weighted by atomic mass is 79.9. The van der Waals surface area contributed by atoms with Crippen molar-refractivity contribution in [2.24, 2.45) is 0 Å². The standard InChI is InChI=1S/C23H24BrNO2/c1-16-5-4-6-21(17(16)2)25-14-19-9-12-22(23(13-19)26-3)27-15-18-7-10-20(24)11-8-18/h4-13,25H,14-15H2,1-3H3. The quantitative estimate of drug-likeness (QED) is 0.483. The predicted molar refractivity (Wildman–Crippen MR) is 115 cm³/mol. The van der Waals surface area contributed by atoms with Gasteiger partial charge in [0.25, 0.3) is 0 Å². The van der Waals surface area contributed by atoms with Crippen LogP contribution < -0.4 is 14.8 Å². The molecule has 1 N–H and O–H groups in total. The second-order valence-electron chi connectivity index (χ2n) is 6.50. The zero-order valence-corrected chi connectivity index (χ0v) is 17.5. The molecule has 0 aromatic heterocycles. The lowest BCUT2D eigenvalue weighted by molar-refractivity contribution is 0.284. The Morgan fingerprint density at radius 2 is 1.63 bits per heavy atom. The van der Waals surface area contributed by atoms with Crippen LogP contribution in [-0.2, 0) is 13.2 Å². The third kappa shape index (κ3) is 5.04. The van der Waals surface area contributed by atoms with Gasteiger partial charge in [0.1, 0.15) is 6.61 Å². The van der Waals surface area contributed by atoms with E-state index in [1.807, 2.05) is 36.4 Å². The van der Waals surface area contributed by atoms with Crippen LogP contribution in [0.4, 0.5) is 5.69 Å². The first-order valence-corrected chi connectivity index (χ1v) is 9.70. The lowest BCUT2D eigenvalue weighted by Crippen LogP contribution is -2.03. The van der Waals surface area contributed by atoms with E-state index < -0.39 is 0 Å². The zero-order valence-electron chi connectivity index (χ0n) is 15.9. The number of anilines is 1. The molecule has 0 radical (unpaired) electrons. The minimum atomic E-state index is 0.504. The number of hydrogen-bond donors (Lipinski definition) is 1. The zero-order chi connectivity index (χ0) is 19.2. The Morgan fingerprint density at radius 3 is 2.37 bits per heavy atom. The number of ether oxygens (including phenoxy) is 2. The van der Waals surface area contributed by atoms with Crippen LogP contribution in [0.5, 0.6) is 11.5 Å². The van der Waals surface area contributed by atoms with Crippen LogP contribution in [0.2, 0.25) is 0 Å². The summed E-state index contributed by atoms with van der Waals surface area (Å²) < 4.78 is 12.5. The van der Waals surface area contributed by atoms with Crippen molar-refractivity contribution < 1.29 is 9.47 Å². The molecule has 27 heavy (non-hydrogen) atoms. The SMILES string of the molecule is COc1cc(CNc2cccc(C)c2C)ccc1OCc1ccc(Br)cc1. The highest BCUT2D eigenvalue weighted by Gasteiger charge is 2.07. The fourth-order valence-corrected chi connectivity index (χ4v) is 3.09. The Hall–Kier alpha value is -2.46. The van der Waals surface area contributed by atoms with Gasteiger partial charge < -0.3 is 14.8 Å². The summed E-state index contributed by atoms with van der Waals surface area (Å²) in [4.78, 5) is 0.